The first-order chi connectivity index (χ1) is 11.9. The summed E-state index contributed by atoms with van der Waals surface area (Å²) in [5.41, 5.74) is 1.64. The summed E-state index contributed by atoms with van der Waals surface area (Å²) in [6.07, 6.45) is 1.19. The summed E-state index contributed by atoms with van der Waals surface area (Å²) in [5.74, 6) is -0.394. The van der Waals surface area contributed by atoms with Crippen molar-refractivity contribution in [2.75, 3.05) is 5.32 Å². The maximum atomic E-state index is 12.9. The van der Waals surface area contributed by atoms with Gasteiger partial charge in [-0.25, -0.2) is 8.78 Å². The third kappa shape index (κ3) is 3.46. The number of hydrogen-bond donors (Lipinski definition) is 1. The summed E-state index contributed by atoms with van der Waals surface area (Å²) in [5, 5.41) is 16.5. The lowest BCUT2D eigenvalue weighted by atomic mass is 9.96. The van der Waals surface area contributed by atoms with Crippen LogP contribution >= 0.6 is 27.3 Å². The van der Waals surface area contributed by atoms with Gasteiger partial charge in [-0.05, 0) is 54.1 Å². The Morgan fingerprint density at radius 2 is 2.20 bits per heavy atom. The van der Waals surface area contributed by atoms with Gasteiger partial charge in [-0.3, -0.25) is 9.48 Å². The molecule has 0 aromatic carbocycles. The van der Waals surface area contributed by atoms with E-state index in [1.54, 1.807) is 6.92 Å². The SMILES string of the molecule is Cc1c(Br)c(C(F)F)nn1CC(=O)Nc1sc2c(c1C#N)CCCC2. The van der Waals surface area contributed by atoms with E-state index in [4.69, 9.17) is 0 Å². The van der Waals surface area contributed by atoms with Gasteiger partial charge in [-0.15, -0.1) is 11.3 Å². The molecule has 0 radical (unpaired) electrons. The number of aromatic nitrogens is 2. The van der Waals surface area contributed by atoms with E-state index in [0.29, 0.717) is 16.3 Å². The van der Waals surface area contributed by atoms with Crippen LogP contribution in [0.15, 0.2) is 4.47 Å². The Morgan fingerprint density at radius 3 is 2.84 bits per heavy atom. The molecule has 2 aromatic heterocycles. The maximum absolute atomic E-state index is 12.9. The van der Waals surface area contributed by atoms with Crippen molar-refractivity contribution in [2.45, 2.75) is 45.6 Å². The molecule has 0 fully saturated rings. The summed E-state index contributed by atoms with van der Waals surface area (Å²) in [4.78, 5) is 13.5. The first kappa shape index (κ1) is 18.0. The van der Waals surface area contributed by atoms with Gasteiger partial charge in [-0.2, -0.15) is 10.4 Å². The Bertz CT molecular complexity index is 869. The minimum atomic E-state index is -2.72. The average molecular weight is 429 g/mol. The Balaban J connectivity index is 1.79. The molecule has 2 aromatic rings. The van der Waals surface area contributed by atoms with Crippen LogP contribution in [-0.2, 0) is 24.2 Å². The molecular formula is C16H15BrF2N4OS. The highest BCUT2D eigenvalue weighted by Gasteiger charge is 2.24. The Kier molecular flexibility index (Phi) is 5.20. The highest BCUT2D eigenvalue weighted by molar-refractivity contribution is 9.10. The molecule has 9 heteroatoms. The lowest BCUT2D eigenvalue weighted by Gasteiger charge is -2.09. The Morgan fingerprint density at radius 1 is 1.48 bits per heavy atom. The van der Waals surface area contributed by atoms with Crippen molar-refractivity contribution in [1.29, 1.82) is 5.26 Å². The number of nitrogens with zero attached hydrogens (tertiary/aromatic N) is 3. The smallest absolute Gasteiger partial charge is 0.283 e. The fourth-order valence-corrected chi connectivity index (χ4v) is 4.63. The zero-order valence-corrected chi connectivity index (χ0v) is 15.8. The third-order valence-corrected chi connectivity index (χ3v) is 6.38. The largest absolute Gasteiger partial charge is 0.315 e. The molecule has 2 heterocycles. The van der Waals surface area contributed by atoms with Gasteiger partial charge in [0.15, 0.2) is 0 Å². The standard InChI is InChI=1S/C16H15BrF2N4OS/c1-8-13(17)14(15(18)19)22-23(8)7-12(24)21-16-10(6-20)9-4-2-3-5-11(9)25-16/h15H,2-5,7H2,1H3,(H,21,24). The van der Waals surface area contributed by atoms with Gasteiger partial charge in [0.2, 0.25) is 5.91 Å². The van der Waals surface area contributed by atoms with Crippen LogP contribution in [-0.4, -0.2) is 15.7 Å². The molecule has 0 saturated carbocycles. The van der Waals surface area contributed by atoms with Crippen LogP contribution < -0.4 is 5.32 Å². The van der Waals surface area contributed by atoms with Crippen LogP contribution in [0.4, 0.5) is 13.8 Å². The van der Waals surface area contributed by atoms with E-state index in [0.717, 1.165) is 36.1 Å². The second kappa shape index (κ2) is 7.22. The van der Waals surface area contributed by atoms with Crippen molar-refractivity contribution in [3.63, 3.8) is 0 Å². The summed E-state index contributed by atoms with van der Waals surface area (Å²) < 4.78 is 27.2. The van der Waals surface area contributed by atoms with Crippen LogP contribution in [0.5, 0.6) is 0 Å². The van der Waals surface area contributed by atoms with Crippen LogP contribution in [0.2, 0.25) is 0 Å². The van der Waals surface area contributed by atoms with E-state index in [-0.39, 0.29) is 16.7 Å². The van der Waals surface area contributed by atoms with Crippen LogP contribution in [0.3, 0.4) is 0 Å². The van der Waals surface area contributed by atoms with Crippen molar-refractivity contribution in [3.05, 3.63) is 31.9 Å². The van der Waals surface area contributed by atoms with E-state index >= 15 is 0 Å². The van der Waals surface area contributed by atoms with E-state index in [1.807, 2.05) is 0 Å². The van der Waals surface area contributed by atoms with Crippen molar-refractivity contribution in [1.82, 2.24) is 9.78 Å². The molecule has 25 heavy (non-hydrogen) atoms. The van der Waals surface area contributed by atoms with Gasteiger partial charge in [0.1, 0.15) is 23.3 Å². The van der Waals surface area contributed by atoms with Crippen molar-refractivity contribution < 1.29 is 13.6 Å². The number of nitrogens with one attached hydrogen (secondary N) is 1. The van der Waals surface area contributed by atoms with Gasteiger partial charge >= 0.3 is 0 Å². The molecule has 5 nitrogen and oxygen atoms in total. The zero-order chi connectivity index (χ0) is 18.1. The number of hydrogen-bond acceptors (Lipinski definition) is 4. The number of halogens is 3. The number of alkyl halides is 2. The van der Waals surface area contributed by atoms with Crippen molar-refractivity contribution in [3.8, 4) is 6.07 Å². The molecule has 0 spiro atoms. The summed E-state index contributed by atoms with van der Waals surface area (Å²) in [6.45, 7) is 1.42. The molecular weight excluding hydrogens is 414 g/mol. The predicted molar refractivity (Wildman–Crippen MR) is 93.9 cm³/mol. The molecule has 3 rings (SSSR count). The quantitative estimate of drug-likeness (QED) is 0.786. The van der Waals surface area contributed by atoms with E-state index < -0.39 is 12.3 Å². The number of rotatable bonds is 4. The van der Waals surface area contributed by atoms with Crippen molar-refractivity contribution >= 4 is 38.2 Å². The first-order valence-electron chi connectivity index (χ1n) is 7.77. The number of anilines is 1. The molecule has 1 amide bonds. The summed E-state index contributed by atoms with van der Waals surface area (Å²) in [6, 6.07) is 2.18. The molecule has 0 bridgehead atoms. The number of nitriles is 1. The molecule has 0 atom stereocenters. The van der Waals surface area contributed by atoms with E-state index in [2.05, 4.69) is 32.4 Å². The maximum Gasteiger partial charge on any atom is 0.283 e. The lowest BCUT2D eigenvalue weighted by Crippen LogP contribution is -2.20. The molecule has 1 aliphatic rings. The number of fused-ring (bicyclic) bond motifs is 1. The topological polar surface area (TPSA) is 70.7 Å². The first-order valence-corrected chi connectivity index (χ1v) is 9.38. The molecule has 1 aliphatic carbocycles. The van der Waals surface area contributed by atoms with Gasteiger partial charge in [0.05, 0.1) is 15.7 Å². The van der Waals surface area contributed by atoms with Crippen LogP contribution in [0, 0.1) is 18.3 Å². The second-order valence-electron chi connectivity index (χ2n) is 5.82. The van der Waals surface area contributed by atoms with Gasteiger partial charge in [0, 0.05) is 4.88 Å². The van der Waals surface area contributed by atoms with Crippen LogP contribution in [0.25, 0.3) is 0 Å². The summed E-state index contributed by atoms with van der Waals surface area (Å²) in [7, 11) is 0. The van der Waals surface area contributed by atoms with Crippen molar-refractivity contribution in [2.24, 2.45) is 0 Å². The van der Waals surface area contributed by atoms with E-state index in [9.17, 15) is 18.8 Å². The third-order valence-electron chi connectivity index (χ3n) is 4.19. The Hall–Kier alpha value is -1.79. The van der Waals surface area contributed by atoms with E-state index in [1.165, 1.54) is 16.0 Å². The fourth-order valence-electron chi connectivity index (χ4n) is 2.92. The molecule has 1 N–H and O–H groups in total. The molecule has 132 valence electrons. The van der Waals surface area contributed by atoms with Gasteiger partial charge in [-0.1, -0.05) is 0 Å². The minimum Gasteiger partial charge on any atom is -0.315 e. The summed E-state index contributed by atoms with van der Waals surface area (Å²) >= 11 is 4.51. The number of carbonyl (C=O) groups is 1. The van der Waals surface area contributed by atoms with Gasteiger partial charge in [0.25, 0.3) is 6.43 Å². The monoisotopic (exact) mass is 428 g/mol. The minimum absolute atomic E-state index is 0.190. The predicted octanol–water partition coefficient (Wildman–Crippen LogP) is 4.34. The van der Waals surface area contributed by atoms with Gasteiger partial charge < -0.3 is 5.32 Å². The normalized spacial score (nSPS) is 13.6. The second-order valence-corrected chi connectivity index (χ2v) is 7.72. The van der Waals surface area contributed by atoms with Crippen LogP contribution in [0.1, 0.15) is 46.7 Å². The average Bonchev–Trinajstić information content (AvgIpc) is 3.06. The zero-order valence-electron chi connectivity index (χ0n) is 13.4. The number of carbonyl (C=O) groups excluding carboxylic acids is 1. The fraction of sp³-hybridized carbons (Fsp3) is 0.438. The Labute approximate surface area is 155 Å². The number of amides is 1. The molecule has 0 unspecified atom stereocenters. The highest BCUT2D eigenvalue weighted by Crippen LogP contribution is 2.37. The molecule has 0 aliphatic heterocycles. The highest BCUT2D eigenvalue weighted by atomic mass is 79.9. The number of thiophene rings is 1. The lowest BCUT2D eigenvalue weighted by molar-refractivity contribution is -0.116. The number of aryl methyl sites for hydroxylation is 1. The molecule has 0 saturated heterocycles.